The molecule has 1 N–H and O–H groups in total. The normalized spacial score (nSPS) is 31.8. The first-order valence-electron chi connectivity index (χ1n) is 7.05. The molecule has 2 heterocycles. The van der Waals surface area contributed by atoms with Crippen molar-refractivity contribution in [3.05, 3.63) is 11.9 Å². The van der Waals surface area contributed by atoms with Crippen molar-refractivity contribution in [1.29, 1.82) is 0 Å². The third kappa shape index (κ3) is 1.80. The lowest BCUT2D eigenvalue weighted by Gasteiger charge is -2.40. The molecule has 2 atom stereocenters. The summed E-state index contributed by atoms with van der Waals surface area (Å²) in [6, 6.07) is 0.0653. The topological polar surface area (TPSA) is 88.3 Å². The molecule has 0 radical (unpaired) electrons. The third-order valence-electron chi connectivity index (χ3n) is 4.87. The minimum atomic E-state index is -1.08. The number of rotatable bonds is 3. The first-order valence-corrected chi connectivity index (χ1v) is 7.05. The molecular formula is C13H16N4O3. The second-order valence-corrected chi connectivity index (χ2v) is 6.21. The van der Waals surface area contributed by atoms with Crippen LogP contribution in [0.4, 0.5) is 0 Å². The Morgan fingerprint density at radius 3 is 2.50 bits per heavy atom. The molecule has 1 aliphatic heterocycles. The molecule has 106 valence electrons. The maximum Gasteiger partial charge on any atom is 0.358 e. The standard InChI is InChI=1S/C13H16N4O3/c18-12(9-2-7-1-8(7)3-9)16-4-10(5-16)17-6-11(13(19)20)14-15-17/h6-10H,1-5H2,(H,19,20). The third-order valence-corrected chi connectivity index (χ3v) is 4.87. The van der Waals surface area contributed by atoms with E-state index in [1.165, 1.54) is 12.6 Å². The van der Waals surface area contributed by atoms with Crippen molar-refractivity contribution in [2.75, 3.05) is 13.1 Å². The van der Waals surface area contributed by atoms with Gasteiger partial charge in [-0.05, 0) is 31.1 Å². The van der Waals surface area contributed by atoms with E-state index in [1.54, 1.807) is 4.68 Å². The van der Waals surface area contributed by atoms with E-state index in [0.717, 1.165) is 24.7 Å². The number of hydrogen-bond donors (Lipinski definition) is 1. The average molecular weight is 276 g/mol. The van der Waals surface area contributed by atoms with Gasteiger partial charge in [-0.1, -0.05) is 5.21 Å². The van der Waals surface area contributed by atoms with E-state index in [-0.39, 0.29) is 23.6 Å². The molecule has 1 amide bonds. The van der Waals surface area contributed by atoms with Crippen LogP contribution < -0.4 is 0 Å². The summed E-state index contributed by atoms with van der Waals surface area (Å²) in [6.07, 6.45) is 4.89. The quantitative estimate of drug-likeness (QED) is 0.863. The zero-order chi connectivity index (χ0) is 13.9. The van der Waals surface area contributed by atoms with Crippen LogP contribution >= 0.6 is 0 Å². The largest absolute Gasteiger partial charge is 0.476 e. The number of carbonyl (C=O) groups is 2. The fourth-order valence-electron chi connectivity index (χ4n) is 3.53. The maximum atomic E-state index is 12.3. The van der Waals surface area contributed by atoms with Crippen LogP contribution in [0.5, 0.6) is 0 Å². The van der Waals surface area contributed by atoms with Gasteiger partial charge in [0.1, 0.15) is 0 Å². The van der Waals surface area contributed by atoms with Crippen molar-refractivity contribution in [3.8, 4) is 0 Å². The minimum Gasteiger partial charge on any atom is -0.476 e. The summed E-state index contributed by atoms with van der Waals surface area (Å²) >= 11 is 0. The number of carbonyl (C=O) groups excluding carboxylic acids is 1. The summed E-state index contributed by atoms with van der Waals surface area (Å²) in [6.45, 7) is 1.24. The van der Waals surface area contributed by atoms with Crippen molar-refractivity contribution < 1.29 is 14.7 Å². The first kappa shape index (κ1) is 11.9. The molecule has 2 unspecified atom stereocenters. The van der Waals surface area contributed by atoms with Gasteiger partial charge in [0.05, 0.1) is 12.2 Å². The summed E-state index contributed by atoms with van der Waals surface area (Å²) in [4.78, 5) is 24.9. The highest BCUT2D eigenvalue weighted by Gasteiger charge is 2.50. The second kappa shape index (κ2) is 4.04. The number of amides is 1. The van der Waals surface area contributed by atoms with Gasteiger partial charge < -0.3 is 10.0 Å². The average Bonchev–Trinajstić information content (AvgIpc) is 2.78. The van der Waals surface area contributed by atoms with Crippen LogP contribution in [0.15, 0.2) is 6.20 Å². The Hall–Kier alpha value is -1.92. The van der Waals surface area contributed by atoms with E-state index >= 15 is 0 Å². The van der Waals surface area contributed by atoms with Gasteiger partial charge in [0.25, 0.3) is 0 Å². The molecule has 1 aromatic rings. The van der Waals surface area contributed by atoms with Crippen LogP contribution in [0.1, 0.15) is 35.8 Å². The maximum absolute atomic E-state index is 12.3. The SMILES string of the molecule is O=C(O)c1cn(C2CN(C(=O)C3CC4CC4C3)C2)nn1. The number of fused-ring (bicyclic) bond motifs is 1. The lowest BCUT2D eigenvalue weighted by Crippen LogP contribution is -2.52. The fourth-order valence-corrected chi connectivity index (χ4v) is 3.53. The summed E-state index contributed by atoms with van der Waals surface area (Å²) in [5, 5.41) is 16.2. The highest BCUT2D eigenvalue weighted by molar-refractivity contribution is 5.84. The molecule has 7 heteroatoms. The molecule has 0 bridgehead atoms. The number of carboxylic acid groups (broad SMARTS) is 1. The van der Waals surface area contributed by atoms with E-state index in [2.05, 4.69) is 10.3 Å². The summed E-state index contributed by atoms with van der Waals surface area (Å²) in [5.41, 5.74) is -0.0503. The van der Waals surface area contributed by atoms with E-state index in [4.69, 9.17) is 5.11 Å². The Labute approximate surface area is 115 Å². The number of aromatic carboxylic acids is 1. The molecule has 20 heavy (non-hydrogen) atoms. The number of nitrogens with zero attached hydrogens (tertiary/aromatic N) is 4. The van der Waals surface area contributed by atoms with Gasteiger partial charge in [0.2, 0.25) is 5.91 Å². The van der Waals surface area contributed by atoms with Crippen molar-refractivity contribution in [2.45, 2.75) is 25.3 Å². The predicted molar refractivity (Wildman–Crippen MR) is 66.9 cm³/mol. The lowest BCUT2D eigenvalue weighted by molar-refractivity contribution is -0.141. The van der Waals surface area contributed by atoms with Crippen LogP contribution in [0, 0.1) is 17.8 Å². The zero-order valence-electron chi connectivity index (χ0n) is 11.0. The molecule has 3 fully saturated rings. The van der Waals surface area contributed by atoms with Gasteiger partial charge in [0, 0.05) is 19.0 Å². The molecule has 2 saturated carbocycles. The van der Waals surface area contributed by atoms with E-state index < -0.39 is 5.97 Å². The van der Waals surface area contributed by atoms with Crippen molar-refractivity contribution in [2.24, 2.45) is 17.8 Å². The lowest BCUT2D eigenvalue weighted by atomic mass is 9.98. The molecule has 0 aromatic carbocycles. The molecule has 1 aromatic heterocycles. The molecule has 2 aliphatic carbocycles. The van der Waals surface area contributed by atoms with Crippen molar-refractivity contribution in [1.82, 2.24) is 19.9 Å². The Morgan fingerprint density at radius 1 is 1.20 bits per heavy atom. The molecule has 1 saturated heterocycles. The second-order valence-electron chi connectivity index (χ2n) is 6.21. The molecule has 4 rings (SSSR count). The predicted octanol–water partition coefficient (Wildman–Crippen LogP) is 0.406. The molecule has 0 spiro atoms. The summed E-state index contributed by atoms with van der Waals surface area (Å²) < 4.78 is 1.55. The van der Waals surface area contributed by atoms with Crippen molar-refractivity contribution in [3.63, 3.8) is 0 Å². The van der Waals surface area contributed by atoms with E-state index in [1.807, 2.05) is 4.90 Å². The highest BCUT2D eigenvalue weighted by atomic mass is 16.4. The van der Waals surface area contributed by atoms with E-state index in [0.29, 0.717) is 13.1 Å². The van der Waals surface area contributed by atoms with Crippen LogP contribution in [0.3, 0.4) is 0 Å². The number of likely N-dealkylation sites (tertiary alicyclic amines) is 1. The first-order chi connectivity index (χ1) is 9.61. The van der Waals surface area contributed by atoms with Crippen LogP contribution in [0.25, 0.3) is 0 Å². The minimum absolute atomic E-state index is 0.0503. The van der Waals surface area contributed by atoms with E-state index in [9.17, 15) is 9.59 Å². The van der Waals surface area contributed by atoms with Gasteiger partial charge in [-0.3, -0.25) is 4.79 Å². The number of aromatic nitrogens is 3. The Kier molecular flexibility index (Phi) is 2.40. The van der Waals surface area contributed by atoms with Gasteiger partial charge in [-0.25, -0.2) is 9.48 Å². The Bertz CT molecular complexity index is 568. The molecular weight excluding hydrogens is 260 g/mol. The summed E-state index contributed by atoms with van der Waals surface area (Å²) in [7, 11) is 0. The summed E-state index contributed by atoms with van der Waals surface area (Å²) in [5.74, 6) is 1.05. The van der Waals surface area contributed by atoms with Crippen LogP contribution in [0.2, 0.25) is 0 Å². The Morgan fingerprint density at radius 2 is 1.90 bits per heavy atom. The Balaban J connectivity index is 1.34. The van der Waals surface area contributed by atoms with Gasteiger partial charge in [-0.2, -0.15) is 0 Å². The van der Waals surface area contributed by atoms with Gasteiger partial charge >= 0.3 is 5.97 Å². The number of hydrogen-bond acceptors (Lipinski definition) is 4. The smallest absolute Gasteiger partial charge is 0.358 e. The van der Waals surface area contributed by atoms with Crippen molar-refractivity contribution >= 4 is 11.9 Å². The van der Waals surface area contributed by atoms with Gasteiger partial charge in [-0.15, -0.1) is 5.10 Å². The zero-order valence-corrected chi connectivity index (χ0v) is 11.0. The fraction of sp³-hybridized carbons (Fsp3) is 0.692. The highest BCUT2D eigenvalue weighted by Crippen LogP contribution is 2.54. The van der Waals surface area contributed by atoms with Gasteiger partial charge in [0.15, 0.2) is 5.69 Å². The molecule has 3 aliphatic rings. The van der Waals surface area contributed by atoms with Crippen LogP contribution in [-0.4, -0.2) is 50.0 Å². The monoisotopic (exact) mass is 276 g/mol. The number of carboxylic acids is 1. The van der Waals surface area contributed by atoms with Crippen LogP contribution in [-0.2, 0) is 4.79 Å². The molecule has 7 nitrogen and oxygen atoms in total.